The van der Waals surface area contributed by atoms with Crippen LogP contribution in [-0.2, 0) is 20.7 Å². The summed E-state index contributed by atoms with van der Waals surface area (Å²) in [5, 5.41) is 7.04. The lowest BCUT2D eigenvalue weighted by atomic mass is 10.1. The number of amides is 3. The van der Waals surface area contributed by atoms with Gasteiger partial charge in [0.05, 0.1) is 12.1 Å². The number of carbonyl (C=O) groups excluding carboxylic acids is 3. The molecular formula is C19H22FN3O4S. The maximum absolute atomic E-state index is 13.0. The average Bonchev–Trinajstić information content (AvgIpc) is 3.01. The summed E-state index contributed by atoms with van der Waals surface area (Å²) in [5.41, 5.74) is 0.716. The van der Waals surface area contributed by atoms with Crippen molar-refractivity contribution in [3.63, 3.8) is 0 Å². The highest BCUT2D eigenvalue weighted by molar-refractivity contribution is 7.13. The molecule has 0 aliphatic rings. The van der Waals surface area contributed by atoms with Crippen LogP contribution >= 0.6 is 11.3 Å². The van der Waals surface area contributed by atoms with Crippen LogP contribution < -0.4 is 10.6 Å². The molecule has 28 heavy (non-hydrogen) atoms. The van der Waals surface area contributed by atoms with Crippen LogP contribution in [0.3, 0.4) is 0 Å². The summed E-state index contributed by atoms with van der Waals surface area (Å²) in [5.74, 6) is -1.71. The molecule has 0 saturated heterocycles. The Morgan fingerprint density at radius 3 is 2.46 bits per heavy atom. The molecule has 7 nitrogen and oxygen atoms in total. The first-order chi connectivity index (χ1) is 13.0. The molecule has 150 valence electrons. The first kappa shape index (κ1) is 21.5. The first-order valence-electron chi connectivity index (χ1n) is 8.56. The van der Waals surface area contributed by atoms with Crippen LogP contribution in [-0.4, -0.2) is 34.5 Å². The van der Waals surface area contributed by atoms with Gasteiger partial charge in [0.1, 0.15) is 10.8 Å². The molecule has 0 spiro atoms. The Hall–Kier alpha value is -2.81. The van der Waals surface area contributed by atoms with Gasteiger partial charge in [-0.1, -0.05) is 0 Å². The van der Waals surface area contributed by atoms with Gasteiger partial charge in [0, 0.05) is 16.5 Å². The Morgan fingerprint density at radius 2 is 1.86 bits per heavy atom. The van der Waals surface area contributed by atoms with Crippen molar-refractivity contribution in [2.24, 2.45) is 0 Å². The van der Waals surface area contributed by atoms with Crippen LogP contribution in [0.5, 0.6) is 0 Å². The molecule has 3 amide bonds. The van der Waals surface area contributed by atoms with Gasteiger partial charge in [-0.25, -0.2) is 14.2 Å². The maximum atomic E-state index is 13.0. The normalized spacial score (nSPS) is 12.2. The van der Waals surface area contributed by atoms with Crippen molar-refractivity contribution in [3.05, 3.63) is 41.2 Å². The van der Waals surface area contributed by atoms with E-state index in [4.69, 9.17) is 4.74 Å². The van der Waals surface area contributed by atoms with E-state index in [-0.39, 0.29) is 12.2 Å². The molecule has 0 aliphatic heterocycles. The largest absolute Gasteiger partial charge is 0.452 e. The maximum Gasteiger partial charge on any atom is 0.321 e. The van der Waals surface area contributed by atoms with Gasteiger partial charge in [-0.2, -0.15) is 0 Å². The highest BCUT2D eigenvalue weighted by Crippen LogP contribution is 2.24. The Labute approximate surface area is 166 Å². The fourth-order valence-electron chi connectivity index (χ4n) is 2.14. The molecule has 2 aromatic rings. The standard InChI is InChI=1S/C19H22FN3O4S/c1-11(16(25)22-18(26)23-19(2,3)4)27-15(24)9-14-10-28-17(21-14)12-5-7-13(20)8-6-12/h5-8,10-11H,9H2,1-4H3,(H2,22,23,25,26)/t11-/m1/s1. The number of thiazole rings is 1. The van der Waals surface area contributed by atoms with Gasteiger partial charge in [-0.05, 0) is 52.0 Å². The van der Waals surface area contributed by atoms with Gasteiger partial charge in [0.15, 0.2) is 6.10 Å². The number of halogens is 1. The summed E-state index contributed by atoms with van der Waals surface area (Å²) in [4.78, 5) is 40.0. The van der Waals surface area contributed by atoms with E-state index >= 15 is 0 Å². The molecule has 1 heterocycles. The quantitative estimate of drug-likeness (QED) is 0.743. The predicted octanol–water partition coefficient (Wildman–Crippen LogP) is 3.05. The van der Waals surface area contributed by atoms with Gasteiger partial charge in [-0.3, -0.25) is 14.9 Å². The molecule has 1 aromatic carbocycles. The van der Waals surface area contributed by atoms with Crippen LogP contribution in [0.15, 0.2) is 29.6 Å². The number of ether oxygens (including phenoxy) is 1. The van der Waals surface area contributed by atoms with Crippen LogP contribution in [0.1, 0.15) is 33.4 Å². The van der Waals surface area contributed by atoms with Gasteiger partial charge in [0.25, 0.3) is 5.91 Å². The molecule has 1 atom stereocenters. The molecular weight excluding hydrogens is 385 g/mol. The second kappa shape index (κ2) is 8.92. The monoisotopic (exact) mass is 407 g/mol. The number of hydrogen-bond donors (Lipinski definition) is 2. The summed E-state index contributed by atoms with van der Waals surface area (Å²) in [6.07, 6.45) is -1.25. The summed E-state index contributed by atoms with van der Waals surface area (Å²) in [6.45, 7) is 6.69. The van der Waals surface area contributed by atoms with Crippen molar-refractivity contribution in [2.75, 3.05) is 0 Å². The second-order valence-electron chi connectivity index (χ2n) is 7.15. The highest BCUT2D eigenvalue weighted by atomic mass is 32.1. The number of nitrogens with zero attached hydrogens (tertiary/aromatic N) is 1. The van der Waals surface area contributed by atoms with Crippen LogP contribution in [0.2, 0.25) is 0 Å². The second-order valence-corrected chi connectivity index (χ2v) is 8.01. The summed E-state index contributed by atoms with van der Waals surface area (Å²) in [6, 6.07) is 5.21. The molecule has 0 saturated carbocycles. The first-order valence-corrected chi connectivity index (χ1v) is 9.44. The van der Waals surface area contributed by atoms with Crippen molar-refractivity contribution in [3.8, 4) is 10.6 Å². The van der Waals surface area contributed by atoms with Crippen LogP contribution in [0.4, 0.5) is 9.18 Å². The molecule has 1 aromatic heterocycles. The Morgan fingerprint density at radius 1 is 1.21 bits per heavy atom. The minimum Gasteiger partial charge on any atom is -0.452 e. The number of aromatic nitrogens is 1. The number of carbonyl (C=O) groups is 3. The summed E-state index contributed by atoms with van der Waals surface area (Å²) < 4.78 is 18.1. The summed E-state index contributed by atoms with van der Waals surface area (Å²) >= 11 is 1.32. The van der Waals surface area contributed by atoms with E-state index in [1.54, 1.807) is 38.3 Å². The molecule has 0 aliphatic carbocycles. The summed E-state index contributed by atoms with van der Waals surface area (Å²) in [7, 11) is 0. The van der Waals surface area contributed by atoms with E-state index in [1.807, 2.05) is 0 Å². The zero-order valence-corrected chi connectivity index (χ0v) is 16.9. The van der Waals surface area contributed by atoms with Crippen LogP contribution in [0.25, 0.3) is 10.6 Å². The third kappa shape index (κ3) is 6.73. The van der Waals surface area contributed by atoms with E-state index in [0.29, 0.717) is 10.7 Å². The van der Waals surface area contributed by atoms with E-state index < -0.39 is 29.6 Å². The molecule has 0 fully saturated rings. The number of rotatable bonds is 5. The zero-order chi connectivity index (χ0) is 20.9. The van der Waals surface area contributed by atoms with Crippen LogP contribution in [0, 0.1) is 5.82 Å². The van der Waals surface area contributed by atoms with E-state index in [1.165, 1.54) is 30.4 Å². The van der Waals surface area contributed by atoms with Crippen molar-refractivity contribution >= 4 is 29.2 Å². The fraction of sp³-hybridized carbons (Fsp3) is 0.368. The molecule has 0 unspecified atom stereocenters. The van der Waals surface area contributed by atoms with Gasteiger partial charge >= 0.3 is 12.0 Å². The molecule has 2 rings (SSSR count). The zero-order valence-electron chi connectivity index (χ0n) is 16.0. The lowest BCUT2D eigenvalue weighted by molar-refractivity contribution is -0.153. The van der Waals surface area contributed by atoms with E-state index in [0.717, 1.165) is 5.56 Å². The number of nitrogens with one attached hydrogen (secondary N) is 2. The Bertz CT molecular complexity index is 859. The van der Waals surface area contributed by atoms with E-state index in [9.17, 15) is 18.8 Å². The van der Waals surface area contributed by atoms with Crippen molar-refractivity contribution in [1.29, 1.82) is 0 Å². The van der Waals surface area contributed by atoms with Gasteiger partial charge < -0.3 is 10.1 Å². The lowest BCUT2D eigenvalue weighted by Gasteiger charge is -2.21. The SMILES string of the molecule is C[C@@H](OC(=O)Cc1csc(-c2ccc(F)cc2)n1)C(=O)NC(=O)NC(C)(C)C. The van der Waals surface area contributed by atoms with Gasteiger partial charge in [-0.15, -0.1) is 11.3 Å². The lowest BCUT2D eigenvalue weighted by Crippen LogP contribution is -2.50. The van der Waals surface area contributed by atoms with Crippen molar-refractivity contribution in [1.82, 2.24) is 15.6 Å². The van der Waals surface area contributed by atoms with Crippen molar-refractivity contribution < 1.29 is 23.5 Å². The minimum atomic E-state index is -1.13. The Kier molecular flexibility index (Phi) is 6.85. The minimum absolute atomic E-state index is 0.122. The topological polar surface area (TPSA) is 97.4 Å². The number of hydrogen-bond acceptors (Lipinski definition) is 6. The molecule has 0 bridgehead atoms. The molecule has 2 N–H and O–H groups in total. The molecule has 9 heteroatoms. The average molecular weight is 407 g/mol. The number of imide groups is 1. The smallest absolute Gasteiger partial charge is 0.321 e. The number of urea groups is 1. The van der Waals surface area contributed by atoms with Gasteiger partial charge in [0.2, 0.25) is 0 Å². The fourth-order valence-corrected chi connectivity index (χ4v) is 2.96. The third-order valence-electron chi connectivity index (χ3n) is 3.37. The highest BCUT2D eigenvalue weighted by Gasteiger charge is 2.22. The Balaban J connectivity index is 1.87. The number of esters is 1. The molecule has 0 radical (unpaired) electrons. The van der Waals surface area contributed by atoms with Crippen molar-refractivity contribution in [2.45, 2.75) is 45.8 Å². The third-order valence-corrected chi connectivity index (χ3v) is 4.31. The predicted molar refractivity (Wildman–Crippen MR) is 103 cm³/mol. The van der Waals surface area contributed by atoms with E-state index in [2.05, 4.69) is 15.6 Å². The number of benzene rings is 1.